The number of para-hydroxylation sites is 1. The zero-order chi connectivity index (χ0) is 22.2. The van der Waals surface area contributed by atoms with Gasteiger partial charge < -0.3 is 9.29 Å². The molecule has 0 radical (unpaired) electrons. The second kappa shape index (κ2) is 7.63. The summed E-state index contributed by atoms with van der Waals surface area (Å²) in [5.74, 6) is -3.59. The molecule has 0 heterocycles. The Morgan fingerprint density at radius 2 is 1.50 bits per heavy atom. The minimum Gasteiger partial charge on any atom is -0.743 e. The van der Waals surface area contributed by atoms with E-state index in [4.69, 9.17) is 0 Å². The van der Waals surface area contributed by atoms with Crippen LogP contribution >= 0.6 is 0 Å². The molecule has 12 heteroatoms. The van der Waals surface area contributed by atoms with E-state index in [0.29, 0.717) is 0 Å². The molecule has 0 bridgehead atoms. The zero-order valence-corrected chi connectivity index (χ0v) is 16.4. The van der Waals surface area contributed by atoms with Crippen LogP contribution in [-0.2, 0) is 24.9 Å². The molecule has 0 aromatic heterocycles. The first kappa shape index (κ1) is 21.6. The summed E-state index contributed by atoms with van der Waals surface area (Å²) in [6.45, 7) is 0. The Bertz CT molecular complexity index is 1340. The Hall–Kier alpha value is -3.09. The Morgan fingerprint density at radius 3 is 2.17 bits per heavy atom. The van der Waals surface area contributed by atoms with Crippen LogP contribution in [0.4, 0.5) is 14.5 Å². The molecule has 0 spiro atoms. The number of anilines is 1. The first-order valence-corrected chi connectivity index (χ1v) is 11.0. The van der Waals surface area contributed by atoms with Crippen molar-refractivity contribution in [1.29, 1.82) is 0 Å². The first-order valence-electron chi connectivity index (χ1n) is 8.08. The van der Waals surface area contributed by atoms with Crippen LogP contribution in [0.25, 0.3) is 10.8 Å². The summed E-state index contributed by atoms with van der Waals surface area (Å²) in [6, 6.07) is 16.0. The number of rotatable bonds is 6. The van der Waals surface area contributed by atoms with Crippen LogP contribution in [0, 0.1) is 0 Å². The second-order valence-corrected chi connectivity index (χ2v) is 9.05. The minimum atomic E-state index is -6.36. The number of carbonyl (C=O) groups excluding carboxylic acids is 1. The van der Waals surface area contributed by atoms with Crippen molar-refractivity contribution >= 4 is 42.6 Å². The molecular weight excluding hydrogens is 444 g/mol. The van der Waals surface area contributed by atoms with Gasteiger partial charge in [0.15, 0.2) is 15.9 Å². The van der Waals surface area contributed by atoms with E-state index >= 15 is 0 Å². The number of hydrogen-bond acceptors (Lipinski definition) is 7. The van der Waals surface area contributed by atoms with Crippen LogP contribution in [0.15, 0.2) is 71.6 Å². The molecule has 0 aliphatic rings. The summed E-state index contributed by atoms with van der Waals surface area (Å²) >= 11 is 0. The highest BCUT2D eigenvalue weighted by Crippen LogP contribution is 2.30. The van der Waals surface area contributed by atoms with Crippen molar-refractivity contribution in [1.82, 2.24) is 0 Å². The lowest BCUT2D eigenvalue weighted by molar-refractivity contribution is -0.151. The maximum absolute atomic E-state index is 13.4. The van der Waals surface area contributed by atoms with Gasteiger partial charge in [-0.05, 0) is 35.0 Å². The van der Waals surface area contributed by atoms with Crippen molar-refractivity contribution in [2.45, 2.75) is 10.2 Å². The Kier molecular flexibility index (Phi) is 5.50. The zero-order valence-electron chi connectivity index (χ0n) is 14.8. The summed E-state index contributed by atoms with van der Waals surface area (Å²) in [4.78, 5) is 10.8. The van der Waals surface area contributed by atoms with Crippen molar-refractivity contribution in [2.75, 3.05) is 4.72 Å². The number of nitrogens with one attached hydrogen (secondary N) is 1. The highest BCUT2D eigenvalue weighted by molar-refractivity contribution is 7.92. The number of esters is 1. The molecule has 0 saturated carbocycles. The molecule has 3 rings (SSSR count). The molecule has 158 valence electrons. The summed E-state index contributed by atoms with van der Waals surface area (Å²) in [5, 5.41) is -3.83. The fraction of sp³-hybridized carbons (Fsp3) is 0.0556. The van der Waals surface area contributed by atoms with Crippen LogP contribution in [0.3, 0.4) is 0 Å². The maximum atomic E-state index is 13.4. The van der Waals surface area contributed by atoms with Crippen LogP contribution in [0.2, 0.25) is 0 Å². The Morgan fingerprint density at radius 1 is 0.900 bits per heavy atom. The van der Waals surface area contributed by atoms with Crippen molar-refractivity contribution in [3.8, 4) is 5.75 Å². The van der Waals surface area contributed by atoms with Crippen LogP contribution in [-0.4, -0.2) is 32.6 Å². The molecule has 0 aliphatic carbocycles. The molecular formula is C18H12F2NO7S2-. The third kappa shape index (κ3) is 4.25. The molecule has 0 aliphatic heterocycles. The molecule has 0 unspecified atom stereocenters. The fourth-order valence-electron chi connectivity index (χ4n) is 2.48. The number of sulfonamides is 1. The summed E-state index contributed by atoms with van der Waals surface area (Å²) in [6.07, 6.45) is 0. The van der Waals surface area contributed by atoms with Crippen molar-refractivity contribution < 1.29 is 39.7 Å². The highest BCUT2D eigenvalue weighted by atomic mass is 32.2. The molecule has 8 nitrogen and oxygen atoms in total. The standard InChI is InChI=1S/C18H13F2NO7S2/c19-18(20,30(25,26)27)17(22)28-15-7-3-4-8-16(15)29(23,24)21-14-10-9-12-5-1-2-6-13(12)11-14/h1-11,21H,(H,25,26,27)/p-1. The summed E-state index contributed by atoms with van der Waals surface area (Å²) < 4.78 is 90.4. The maximum Gasteiger partial charge on any atom is 0.429 e. The van der Waals surface area contributed by atoms with E-state index in [0.717, 1.165) is 22.9 Å². The van der Waals surface area contributed by atoms with Gasteiger partial charge in [-0.25, -0.2) is 21.6 Å². The van der Waals surface area contributed by atoms with Gasteiger partial charge in [-0.3, -0.25) is 4.72 Å². The molecule has 0 amide bonds. The van der Waals surface area contributed by atoms with Gasteiger partial charge in [0.2, 0.25) is 0 Å². The summed E-state index contributed by atoms with van der Waals surface area (Å²) in [5.41, 5.74) is 0.141. The van der Waals surface area contributed by atoms with Crippen LogP contribution < -0.4 is 9.46 Å². The molecule has 3 aromatic carbocycles. The van der Waals surface area contributed by atoms with E-state index in [-0.39, 0.29) is 5.69 Å². The van der Waals surface area contributed by atoms with Crippen LogP contribution in [0.5, 0.6) is 5.75 Å². The minimum absolute atomic E-state index is 0.141. The highest BCUT2D eigenvalue weighted by Gasteiger charge is 2.49. The predicted molar refractivity (Wildman–Crippen MR) is 101 cm³/mol. The van der Waals surface area contributed by atoms with Crippen molar-refractivity contribution in [3.05, 3.63) is 66.7 Å². The number of ether oxygens (including phenoxy) is 1. The second-order valence-electron chi connectivity index (χ2n) is 5.97. The monoisotopic (exact) mass is 456 g/mol. The number of alkyl halides is 2. The van der Waals surface area contributed by atoms with Gasteiger partial charge in [-0.15, -0.1) is 0 Å². The molecule has 30 heavy (non-hydrogen) atoms. The van der Waals surface area contributed by atoms with Crippen LogP contribution in [0.1, 0.15) is 0 Å². The van der Waals surface area contributed by atoms with Crippen molar-refractivity contribution in [3.63, 3.8) is 0 Å². The smallest absolute Gasteiger partial charge is 0.429 e. The van der Waals surface area contributed by atoms with Gasteiger partial charge in [0.25, 0.3) is 10.0 Å². The quantitative estimate of drug-likeness (QED) is 0.343. The van der Waals surface area contributed by atoms with Gasteiger partial charge in [0, 0.05) is 5.69 Å². The molecule has 0 saturated heterocycles. The molecule has 0 atom stereocenters. The fourth-order valence-corrected chi connectivity index (χ4v) is 3.91. The Balaban J connectivity index is 1.94. The number of hydrogen-bond donors (Lipinski definition) is 1. The van der Waals surface area contributed by atoms with E-state index in [1.807, 2.05) is 6.07 Å². The topological polar surface area (TPSA) is 130 Å². The third-order valence-electron chi connectivity index (χ3n) is 3.89. The lowest BCUT2D eigenvalue weighted by Crippen LogP contribution is -2.40. The van der Waals surface area contributed by atoms with E-state index < -0.39 is 42.0 Å². The van der Waals surface area contributed by atoms with Gasteiger partial charge in [-0.2, -0.15) is 8.78 Å². The number of benzene rings is 3. The SMILES string of the molecule is O=C(Oc1ccccc1S(=O)(=O)Nc1ccc2ccccc2c1)C(F)(F)S(=O)(=O)[O-]. The number of halogens is 2. The van der Waals surface area contributed by atoms with E-state index in [1.54, 1.807) is 24.3 Å². The predicted octanol–water partition coefficient (Wildman–Crippen LogP) is 2.68. The first-order chi connectivity index (χ1) is 13.9. The molecule has 3 aromatic rings. The van der Waals surface area contributed by atoms with Crippen molar-refractivity contribution in [2.24, 2.45) is 0 Å². The van der Waals surface area contributed by atoms with E-state index in [1.165, 1.54) is 24.3 Å². The lowest BCUT2D eigenvalue weighted by atomic mass is 10.1. The average molecular weight is 456 g/mol. The number of carbonyl (C=O) groups is 1. The largest absolute Gasteiger partial charge is 0.743 e. The molecule has 0 fully saturated rings. The van der Waals surface area contributed by atoms with Gasteiger partial charge >= 0.3 is 11.2 Å². The van der Waals surface area contributed by atoms with Gasteiger partial charge in [0.05, 0.1) is 0 Å². The third-order valence-corrected chi connectivity index (χ3v) is 6.11. The average Bonchev–Trinajstić information content (AvgIpc) is 2.67. The Labute approximate surface area is 169 Å². The normalized spacial score (nSPS) is 12.5. The van der Waals surface area contributed by atoms with E-state index in [9.17, 15) is 35.0 Å². The van der Waals surface area contributed by atoms with Gasteiger partial charge in [-0.1, -0.05) is 42.5 Å². The van der Waals surface area contributed by atoms with E-state index in [2.05, 4.69) is 9.46 Å². The van der Waals surface area contributed by atoms with Gasteiger partial charge in [0.1, 0.15) is 4.90 Å². The molecule has 1 N–H and O–H groups in total. The summed E-state index contributed by atoms with van der Waals surface area (Å²) in [7, 11) is -10.8. The number of fused-ring (bicyclic) bond motifs is 1. The lowest BCUT2D eigenvalue weighted by Gasteiger charge is -2.19.